The molecule has 1 fully saturated rings. The highest BCUT2D eigenvalue weighted by Crippen LogP contribution is 2.32. The summed E-state index contributed by atoms with van der Waals surface area (Å²) in [6.07, 6.45) is 2.56. The van der Waals surface area contributed by atoms with Crippen LogP contribution in [0.5, 0.6) is 0 Å². The lowest BCUT2D eigenvalue weighted by Crippen LogP contribution is -2.47. The van der Waals surface area contributed by atoms with Crippen LogP contribution >= 0.6 is 23.4 Å². The zero-order chi connectivity index (χ0) is 14.9. The molecule has 1 saturated heterocycles. The predicted molar refractivity (Wildman–Crippen MR) is 85.9 cm³/mol. The van der Waals surface area contributed by atoms with E-state index in [0.717, 1.165) is 35.6 Å². The molecule has 2 atom stereocenters. The first kappa shape index (κ1) is 15.0. The zero-order valence-electron chi connectivity index (χ0n) is 11.7. The Morgan fingerprint density at radius 3 is 3.14 bits per heavy atom. The Morgan fingerprint density at radius 1 is 1.52 bits per heavy atom. The molecule has 3 N–H and O–H groups in total. The van der Waals surface area contributed by atoms with E-state index in [0.29, 0.717) is 12.3 Å². The highest BCUT2D eigenvalue weighted by Gasteiger charge is 2.32. The summed E-state index contributed by atoms with van der Waals surface area (Å²) in [7, 11) is 0. The summed E-state index contributed by atoms with van der Waals surface area (Å²) in [4.78, 5) is 12.0. The average molecular weight is 327 g/mol. The fourth-order valence-electron chi connectivity index (χ4n) is 2.93. The van der Waals surface area contributed by atoms with Crippen LogP contribution in [0.15, 0.2) is 18.2 Å². The molecule has 0 bridgehead atoms. The van der Waals surface area contributed by atoms with Gasteiger partial charge in [0.15, 0.2) is 0 Å². The number of carbonyl (C=O) groups excluding carboxylic acids is 1. The van der Waals surface area contributed by atoms with Gasteiger partial charge in [0.25, 0.3) is 0 Å². The third-order valence-corrected chi connectivity index (χ3v) is 5.62. The topological polar surface area (TPSA) is 61.4 Å². The van der Waals surface area contributed by atoms with Crippen LogP contribution in [-0.2, 0) is 6.42 Å². The number of thioether (sulfide) groups is 1. The summed E-state index contributed by atoms with van der Waals surface area (Å²) in [6.45, 7) is 0.312. The molecule has 114 valence electrons. The van der Waals surface area contributed by atoms with Gasteiger partial charge in [-0.05, 0) is 48.3 Å². The monoisotopic (exact) mass is 326 g/mol. The number of amides is 2. The Bertz CT molecular complexity index is 546. The number of urea groups is 1. The second-order valence-corrected chi connectivity index (χ2v) is 7.33. The van der Waals surface area contributed by atoms with E-state index in [1.165, 1.54) is 5.56 Å². The second kappa shape index (κ2) is 6.07. The molecule has 0 saturated carbocycles. The van der Waals surface area contributed by atoms with Crippen LogP contribution in [0.3, 0.4) is 0 Å². The second-order valence-electron chi connectivity index (χ2n) is 5.79. The van der Waals surface area contributed by atoms with Crippen LogP contribution in [0.1, 0.15) is 30.0 Å². The van der Waals surface area contributed by atoms with Crippen molar-refractivity contribution in [1.82, 2.24) is 10.6 Å². The number of fused-ring (bicyclic) bond motifs is 1. The van der Waals surface area contributed by atoms with Crippen LogP contribution in [-0.4, -0.2) is 34.8 Å². The zero-order valence-corrected chi connectivity index (χ0v) is 13.3. The SMILES string of the molecule is O=C(NC[C@@]1(O)CCSC1)N[C@H]1CCc2cc(Cl)ccc21. The lowest BCUT2D eigenvalue weighted by atomic mass is 10.0. The molecule has 1 aliphatic carbocycles. The maximum Gasteiger partial charge on any atom is 0.315 e. The summed E-state index contributed by atoms with van der Waals surface area (Å²) in [5, 5.41) is 16.7. The number of benzene rings is 1. The molecule has 2 aliphatic rings. The van der Waals surface area contributed by atoms with Gasteiger partial charge in [0.1, 0.15) is 0 Å². The molecular formula is C15H19ClN2O2S. The van der Waals surface area contributed by atoms with Crippen molar-refractivity contribution in [2.75, 3.05) is 18.1 Å². The number of rotatable bonds is 3. The Hall–Kier alpha value is -0.910. The van der Waals surface area contributed by atoms with Gasteiger partial charge in [0, 0.05) is 17.3 Å². The van der Waals surface area contributed by atoms with Gasteiger partial charge in [-0.15, -0.1) is 0 Å². The third-order valence-electron chi connectivity index (χ3n) is 4.15. The van der Waals surface area contributed by atoms with Gasteiger partial charge in [0.05, 0.1) is 11.6 Å². The number of halogens is 1. The van der Waals surface area contributed by atoms with Gasteiger partial charge in [-0.3, -0.25) is 0 Å². The van der Waals surface area contributed by atoms with Crippen molar-refractivity contribution in [3.63, 3.8) is 0 Å². The van der Waals surface area contributed by atoms with Crippen molar-refractivity contribution in [3.05, 3.63) is 34.3 Å². The van der Waals surface area contributed by atoms with Crippen molar-refractivity contribution in [1.29, 1.82) is 0 Å². The van der Waals surface area contributed by atoms with Crippen LogP contribution in [0.4, 0.5) is 4.79 Å². The van der Waals surface area contributed by atoms with E-state index in [1.807, 2.05) is 18.2 Å². The molecule has 0 unspecified atom stereocenters. The Labute approximate surface area is 133 Å². The molecule has 0 aromatic heterocycles. The largest absolute Gasteiger partial charge is 0.387 e. The molecular weight excluding hydrogens is 308 g/mol. The van der Waals surface area contributed by atoms with Crippen molar-refractivity contribution < 1.29 is 9.90 Å². The highest BCUT2D eigenvalue weighted by molar-refractivity contribution is 7.99. The van der Waals surface area contributed by atoms with Crippen LogP contribution in [0.25, 0.3) is 0 Å². The maximum atomic E-state index is 12.0. The molecule has 6 heteroatoms. The fourth-order valence-corrected chi connectivity index (χ4v) is 4.42. The molecule has 1 aliphatic heterocycles. The number of aryl methyl sites for hydroxylation is 1. The summed E-state index contributed by atoms with van der Waals surface area (Å²) in [6, 6.07) is 5.63. The molecule has 2 amide bonds. The average Bonchev–Trinajstić information content (AvgIpc) is 3.04. The molecule has 0 spiro atoms. The van der Waals surface area contributed by atoms with Gasteiger partial charge in [-0.1, -0.05) is 17.7 Å². The lowest BCUT2D eigenvalue weighted by molar-refractivity contribution is 0.0698. The first-order chi connectivity index (χ1) is 10.1. The van der Waals surface area contributed by atoms with Gasteiger partial charge >= 0.3 is 6.03 Å². The minimum Gasteiger partial charge on any atom is -0.387 e. The number of carbonyl (C=O) groups is 1. The lowest BCUT2D eigenvalue weighted by Gasteiger charge is -2.22. The van der Waals surface area contributed by atoms with E-state index in [9.17, 15) is 9.90 Å². The molecule has 4 nitrogen and oxygen atoms in total. The van der Waals surface area contributed by atoms with Gasteiger partial charge in [0.2, 0.25) is 0 Å². The Morgan fingerprint density at radius 2 is 2.38 bits per heavy atom. The van der Waals surface area contributed by atoms with E-state index in [4.69, 9.17) is 11.6 Å². The Kier molecular flexibility index (Phi) is 4.33. The maximum absolute atomic E-state index is 12.0. The standard InChI is InChI=1S/C15H19ClN2O2S/c16-11-2-3-12-10(7-11)1-4-13(12)18-14(19)17-8-15(20)5-6-21-9-15/h2-3,7,13,20H,1,4-6,8-9H2,(H2,17,18,19)/t13-,15-/m0/s1. The number of hydrogen-bond acceptors (Lipinski definition) is 3. The van der Waals surface area contributed by atoms with Gasteiger partial charge < -0.3 is 15.7 Å². The van der Waals surface area contributed by atoms with E-state index in [2.05, 4.69) is 10.6 Å². The van der Waals surface area contributed by atoms with E-state index < -0.39 is 5.60 Å². The molecule has 0 radical (unpaired) electrons. The van der Waals surface area contributed by atoms with E-state index in [-0.39, 0.29) is 12.1 Å². The minimum absolute atomic E-state index is 0.0323. The molecule has 21 heavy (non-hydrogen) atoms. The molecule has 1 heterocycles. The normalized spacial score (nSPS) is 27.4. The molecule has 1 aromatic rings. The number of nitrogens with one attached hydrogen (secondary N) is 2. The van der Waals surface area contributed by atoms with Gasteiger partial charge in [-0.2, -0.15) is 11.8 Å². The highest BCUT2D eigenvalue weighted by atomic mass is 35.5. The summed E-state index contributed by atoms with van der Waals surface area (Å²) >= 11 is 7.71. The fraction of sp³-hybridized carbons (Fsp3) is 0.533. The van der Waals surface area contributed by atoms with Gasteiger partial charge in [-0.25, -0.2) is 4.79 Å². The first-order valence-corrected chi connectivity index (χ1v) is 8.72. The van der Waals surface area contributed by atoms with E-state index >= 15 is 0 Å². The van der Waals surface area contributed by atoms with Crippen molar-refractivity contribution in [3.8, 4) is 0 Å². The number of aliphatic hydroxyl groups is 1. The predicted octanol–water partition coefficient (Wildman–Crippen LogP) is 2.49. The first-order valence-electron chi connectivity index (χ1n) is 7.19. The Balaban J connectivity index is 1.54. The van der Waals surface area contributed by atoms with Crippen molar-refractivity contribution >= 4 is 29.4 Å². The molecule has 1 aromatic carbocycles. The van der Waals surface area contributed by atoms with Crippen LogP contribution in [0, 0.1) is 0 Å². The van der Waals surface area contributed by atoms with Crippen LogP contribution in [0.2, 0.25) is 5.02 Å². The van der Waals surface area contributed by atoms with Crippen molar-refractivity contribution in [2.45, 2.75) is 30.9 Å². The summed E-state index contributed by atoms with van der Waals surface area (Å²) in [5.74, 6) is 1.65. The summed E-state index contributed by atoms with van der Waals surface area (Å²) < 4.78 is 0. The smallest absolute Gasteiger partial charge is 0.315 e. The summed E-state index contributed by atoms with van der Waals surface area (Å²) in [5.41, 5.74) is 1.60. The minimum atomic E-state index is -0.747. The molecule has 3 rings (SSSR count). The number of hydrogen-bond donors (Lipinski definition) is 3. The van der Waals surface area contributed by atoms with Crippen LogP contribution < -0.4 is 10.6 Å². The van der Waals surface area contributed by atoms with E-state index in [1.54, 1.807) is 11.8 Å². The van der Waals surface area contributed by atoms with Crippen molar-refractivity contribution in [2.24, 2.45) is 0 Å². The third kappa shape index (κ3) is 3.47. The quantitative estimate of drug-likeness (QED) is 0.799.